The molecule has 0 amide bonds. The van der Waals surface area contributed by atoms with Crippen LogP contribution in [0.4, 0.5) is 5.69 Å². The molecule has 0 atom stereocenters. The van der Waals surface area contributed by atoms with Gasteiger partial charge in [0.1, 0.15) is 0 Å². The summed E-state index contributed by atoms with van der Waals surface area (Å²) in [5, 5.41) is 3.45. The summed E-state index contributed by atoms with van der Waals surface area (Å²) in [7, 11) is 0. The molecule has 1 N–H and O–H groups in total. The smallest absolute Gasteiger partial charge is 0.0403 e. The first kappa shape index (κ1) is 12.4. The second-order valence-electron chi connectivity index (χ2n) is 4.29. The molecule has 0 unspecified atom stereocenters. The maximum absolute atomic E-state index is 3.45. The van der Waals surface area contributed by atoms with E-state index in [4.69, 9.17) is 0 Å². The van der Waals surface area contributed by atoms with Gasteiger partial charge in [0.05, 0.1) is 0 Å². The number of halogens is 1. The third-order valence-electron chi connectivity index (χ3n) is 2.83. The average molecular weight is 337 g/mol. The lowest BCUT2D eigenvalue weighted by atomic mass is 10.1. The van der Waals surface area contributed by atoms with Crippen molar-refractivity contribution in [2.75, 3.05) is 5.32 Å². The highest BCUT2D eigenvalue weighted by Gasteiger charge is 1.98. The van der Waals surface area contributed by atoms with Crippen LogP contribution in [0.2, 0.25) is 0 Å². The summed E-state index contributed by atoms with van der Waals surface area (Å²) < 4.78 is 1.26. The van der Waals surface area contributed by atoms with E-state index in [0.29, 0.717) is 0 Å². The minimum Gasteiger partial charge on any atom is -0.381 e. The fourth-order valence-electron chi connectivity index (χ4n) is 1.81. The van der Waals surface area contributed by atoms with Crippen molar-refractivity contribution in [1.82, 2.24) is 0 Å². The van der Waals surface area contributed by atoms with Gasteiger partial charge in [-0.25, -0.2) is 0 Å². The first-order valence-electron chi connectivity index (χ1n) is 5.71. The first-order valence-corrected chi connectivity index (χ1v) is 6.78. The number of hydrogen-bond acceptors (Lipinski definition) is 1. The average Bonchev–Trinajstić information content (AvgIpc) is 2.30. The van der Waals surface area contributed by atoms with Crippen LogP contribution < -0.4 is 5.32 Å². The minimum absolute atomic E-state index is 0.882. The summed E-state index contributed by atoms with van der Waals surface area (Å²) in [6, 6.07) is 15.1. The summed E-state index contributed by atoms with van der Waals surface area (Å²) in [6.07, 6.45) is 0. The zero-order valence-electron chi connectivity index (χ0n) is 10.1. The Hall–Kier alpha value is -1.03. The minimum atomic E-state index is 0.882. The van der Waals surface area contributed by atoms with Gasteiger partial charge < -0.3 is 5.32 Å². The van der Waals surface area contributed by atoms with E-state index in [9.17, 15) is 0 Å². The molecule has 0 aliphatic carbocycles. The third-order valence-corrected chi connectivity index (χ3v) is 3.54. The van der Waals surface area contributed by atoms with Crippen LogP contribution in [0.1, 0.15) is 16.7 Å². The van der Waals surface area contributed by atoms with E-state index in [1.807, 2.05) is 0 Å². The van der Waals surface area contributed by atoms with Crippen LogP contribution in [0.25, 0.3) is 0 Å². The van der Waals surface area contributed by atoms with Crippen molar-refractivity contribution in [3.05, 3.63) is 62.7 Å². The molecular weight excluding hydrogens is 321 g/mol. The maximum Gasteiger partial charge on any atom is 0.0403 e. The molecule has 2 aromatic rings. The van der Waals surface area contributed by atoms with Gasteiger partial charge in [0.25, 0.3) is 0 Å². The van der Waals surface area contributed by atoms with Crippen LogP contribution in [0.15, 0.2) is 42.5 Å². The van der Waals surface area contributed by atoms with Crippen LogP contribution >= 0.6 is 22.6 Å². The van der Waals surface area contributed by atoms with Crippen LogP contribution in [-0.2, 0) is 6.54 Å². The van der Waals surface area contributed by atoms with Crippen LogP contribution in [-0.4, -0.2) is 0 Å². The number of nitrogens with one attached hydrogen (secondary N) is 1. The molecule has 0 bridgehead atoms. The SMILES string of the molecule is Cc1ccc(CNc2ccc(I)cc2)c(C)c1. The fraction of sp³-hybridized carbons (Fsp3) is 0.200. The first-order chi connectivity index (χ1) is 8.15. The second kappa shape index (κ2) is 5.54. The summed E-state index contributed by atoms with van der Waals surface area (Å²) in [5.74, 6) is 0. The second-order valence-corrected chi connectivity index (χ2v) is 5.54. The Balaban J connectivity index is 2.04. The Morgan fingerprint density at radius 2 is 1.71 bits per heavy atom. The quantitative estimate of drug-likeness (QED) is 0.812. The summed E-state index contributed by atoms with van der Waals surface area (Å²) in [4.78, 5) is 0. The zero-order chi connectivity index (χ0) is 12.3. The molecule has 0 radical (unpaired) electrons. The lowest BCUT2D eigenvalue weighted by Gasteiger charge is -2.09. The lowest BCUT2D eigenvalue weighted by molar-refractivity contribution is 1.11. The van der Waals surface area contributed by atoms with Crippen molar-refractivity contribution in [2.45, 2.75) is 20.4 Å². The predicted molar refractivity (Wildman–Crippen MR) is 82.4 cm³/mol. The molecule has 17 heavy (non-hydrogen) atoms. The Morgan fingerprint density at radius 3 is 2.35 bits per heavy atom. The van der Waals surface area contributed by atoms with Crippen molar-refractivity contribution in [1.29, 1.82) is 0 Å². The Morgan fingerprint density at radius 1 is 1.00 bits per heavy atom. The van der Waals surface area contributed by atoms with Crippen molar-refractivity contribution >= 4 is 28.3 Å². The highest BCUT2D eigenvalue weighted by atomic mass is 127. The number of hydrogen-bond donors (Lipinski definition) is 1. The maximum atomic E-state index is 3.45. The molecular formula is C15H16IN. The van der Waals surface area contributed by atoms with Gasteiger partial charge in [0.2, 0.25) is 0 Å². The van der Waals surface area contributed by atoms with Gasteiger partial charge in [-0.05, 0) is 71.8 Å². The van der Waals surface area contributed by atoms with Gasteiger partial charge in [-0.1, -0.05) is 23.8 Å². The Labute approximate surface area is 116 Å². The van der Waals surface area contributed by atoms with Crippen molar-refractivity contribution in [2.24, 2.45) is 0 Å². The molecule has 0 aliphatic heterocycles. The highest BCUT2D eigenvalue weighted by Crippen LogP contribution is 2.15. The van der Waals surface area contributed by atoms with E-state index >= 15 is 0 Å². The van der Waals surface area contributed by atoms with E-state index in [1.165, 1.54) is 25.9 Å². The van der Waals surface area contributed by atoms with Gasteiger partial charge in [-0.2, -0.15) is 0 Å². The van der Waals surface area contributed by atoms with Gasteiger partial charge >= 0.3 is 0 Å². The summed E-state index contributed by atoms with van der Waals surface area (Å²) in [5.41, 5.74) is 5.20. The van der Waals surface area contributed by atoms with E-state index in [-0.39, 0.29) is 0 Å². The van der Waals surface area contributed by atoms with E-state index < -0.39 is 0 Å². The largest absolute Gasteiger partial charge is 0.381 e. The molecule has 2 rings (SSSR count). The third kappa shape index (κ3) is 3.46. The molecule has 88 valence electrons. The molecule has 0 aromatic heterocycles. The zero-order valence-corrected chi connectivity index (χ0v) is 12.3. The molecule has 0 heterocycles. The van der Waals surface area contributed by atoms with Gasteiger partial charge in [-0.3, -0.25) is 0 Å². The van der Waals surface area contributed by atoms with Crippen LogP contribution in [0, 0.1) is 17.4 Å². The van der Waals surface area contributed by atoms with Gasteiger partial charge in [0, 0.05) is 15.8 Å². The van der Waals surface area contributed by atoms with Crippen LogP contribution in [0.3, 0.4) is 0 Å². The van der Waals surface area contributed by atoms with E-state index in [1.54, 1.807) is 0 Å². The van der Waals surface area contributed by atoms with Crippen molar-refractivity contribution < 1.29 is 0 Å². The Kier molecular flexibility index (Phi) is 4.05. The monoisotopic (exact) mass is 337 g/mol. The number of anilines is 1. The summed E-state index contributed by atoms with van der Waals surface area (Å²) in [6.45, 7) is 5.17. The molecule has 0 fully saturated rings. The molecule has 0 aliphatic rings. The van der Waals surface area contributed by atoms with Crippen LogP contribution in [0.5, 0.6) is 0 Å². The highest BCUT2D eigenvalue weighted by molar-refractivity contribution is 14.1. The van der Waals surface area contributed by atoms with Gasteiger partial charge in [0.15, 0.2) is 0 Å². The molecule has 0 spiro atoms. The predicted octanol–water partition coefficient (Wildman–Crippen LogP) is 4.52. The molecule has 0 saturated carbocycles. The Bertz CT molecular complexity index is 503. The van der Waals surface area contributed by atoms with Gasteiger partial charge in [-0.15, -0.1) is 0 Å². The molecule has 2 heteroatoms. The fourth-order valence-corrected chi connectivity index (χ4v) is 2.17. The normalized spacial score (nSPS) is 10.3. The number of rotatable bonds is 3. The molecule has 1 nitrogen and oxygen atoms in total. The topological polar surface area (TPSA) is 12.0 Å². The van der Waals surface area contributed by atoms with Crippen molar-refractivity contribution in [3.63, 3.8) is 0 Å². The number of benzene rings is 2. The van der Waals surface area contributed by atoms with E-state index in [2.05, 4.69) is 84.2 Å². The lowest BCUT2D eigenvalue weighted by Crippen LogP contribution is -2.01. The van der Waals surface area contributed by atoms with E-state index in [0.717, 1.165) is 6.54 Å². The standard InChI is InChI=1S/C15H16IN/c1-11-3-4-13(12(2)9-11)10-17-15-7-5-14(16)6-8-15/h3-9,17H,10H2,1-2H3. The van der Waals surface area contributed by atoms with Crippen molar-refractivity contribution in [3.8, 4) is 0 Å². The molecule has 2 aromatic carbocycles. The number of aryl methyl sites for hydroxylation is 2. The summed E-state index contributed by atoms with van der Waals surface area (Å²) >= 11 is 2.32. The molecule has 0 saturated heterocycles.